The second kappa shape index (κ2) is 7.72. The Morgan fingerprint density at radius 3 is 2.72 bits per heavy atom. The zero-order chi connectivity index (χ0) is 17.9. The van der Waals surface area contributed by atoms with Gasteiger partial charge >= 0.3 is 0 Å². The predicted octanol–water partition coefficient (Wildman–Crippen LogP) is 1.39. The number of amides is 1. The van der Waals surface area contributed by atoms with E-state index in [0.717, 1.165) is 32.3 Å². The topological polar surface area (TPSA) is 84.9 Å². The Labute approximate surface area is 148 Å². The van der Waals surface area contributed by atoms with Crippen LogP contribution >= 0.6 is 0 Å². The second-order valence-electron chi connectivity index (χ2n) is 6.32. The summed E-state index contributed by atoms with van der Waals surface area (Å²) in [6.45, 7) is 2.15. The molecule has 1 aromatic rings. The Morgan fingerprint density at radius 2 is 2.08 bits per heavy atom. The first-order chi connectivity index (χ1) is 12.0. The Morgan fingerprint density at radius 1 is 1.32 bits per heavy atom. The number of rotatable bonds is 6. The zero-order valence-corrected chi connectivity index (χ0v) is 15.2. The molecule has 1 N–H and O–H groups in total. The van der Waals surface area contributed by atoms with Gasteiger partial charge in [0, 0.05) is 31.8 Å². The van der Waals surface area contributed by atoms with E-state index in [-0.39, 0.29) is 22.7 Å². The van der Waals surface area contributed by atoms with E-state index in [2.05, 4.69) is 5.32 Å². The van der Waals surface area contributed by atoms with Crippen LogP contribution in [0.25, 0.3) is 0 Å². The van der Waals surface area contributed by atoms with Crippen molar-refractivity contribution in [3.63, 3.8) is 0 Å². The van der Waals surface area contributed by atoms with Gasteiger partial charge in [-0.15, -0.1) is 0 Å². The summed E-state index contributed by atoms with van der Waals surface area (Å²) in [5, 5.41) is 2.81. The summed E-state index contributed by atoms with van der Waals surface area (Å²) in [6, 6.07) is 4.51. The van der Waals surface area contributed by atoms with Crippen LogP contribution in [0.1, 0.15) is 36.0 Å². The highest BCUT2D eigenvalue weighted by atomic mass is 32.2. The number of hydrogen-bond donors (Lipinski definition) is 1. The van der Waals surface area contributed by atoms with E-state index >= 15 is 0 Å². The maximum Gasteiger partial charge on any atom is 0.251 e. The molecule has 2 aliphatic heterocycles. The lowest BCUT2D eigenvalue weighted by atomic mass is 10.2. The summed E-state index contributed by atoms with van der Waals surface area (Å²) < 4.78 is 37.8. The third kappa shape index (κ3) is 3.96. The van der Waals surface area contributed by atoms with Gasteiger partial charge < -0.3 is 14.8 Å². The van der Waals surface area contributed by atoms with E-state index in [1.54, 1.807) is 6.07 Å². The molecule has 0 aromatic heterocycles. The van der Waals surface area contributed by atoms with Crippen LogP contribution in [0.15, 0.2) is 23.1 Å². The molecular weight excluding hydrogens is 344 g/mol. The summed E-state index contributed by atoms with van der Waals surface area (Å²) in [5.41, 5.74) is 0.302. The molecule has 0 spiro atoms. The zero-order valence-electron chi connectivity index (χ0n) is 14.4. The highest BCUT2D eigenvalue weighted by Gasteiger charge is 2.30. The molecule has 1 aromatic carbocycles. The summed E-state index contributed by atoms with van der Waals surface area (Å²) in [4.78, 5) is 12.4. The molecule has 1 atom stereocenters. The maximum absolute atomic E-state index is 12.9. The largest absolute Gasteiger partial charge is 0.495 e. The van der Waals surface area contributed by atoms with E-state index in [1.807, 2.05) is 0 Å². The van der Waals surface area contributed by atoms with E-state index in [4.69, 9.17) is 9.47 Å². The van der Waals surface area contributed by atoms with Crippen molar-refractivity contribution in [3.8, 4) is 5.75 Å². The van der Waals surface area contributed by atoms with E-state index in [9.17, 15) is 13.2 Å². The van der Waals surface area contributed by atoms with Gasteiger partial charge in [-0.2, -0.15) is 4.31 Å². The van der Waals surface area contributed by atoms with Crippen molar-refractivity contribution < 1.29 is 22.7 Å². The fraction of sp³-hybridized carbons (Fsp3) is 0.588. The molecule has 2 aliphatic rings. The molecule has 3 rings (SSSR count). The summed E-state index contributed by atoms with van der Waals surface area (Å²) in [7, 11) is -2.24. The Bertz CT molecular complexity index is 723. The third-order valence-corrected chi connectivity index (χ3v) is 6.54. The average Bonchev–Trinajstić information content (AvgIpc) is 3.32. The lowest BCUT2D eigenvalue weighted by Gasteiger charge is -2.18. The number of ether oxygens (including phenoxy) is 2. The molecule has 8 heteroatoms. The van der Waals surface area contributed by atoms with Gasteiger partial charge in [-0.3, -0.25) is 4.79 Å². The Hall–Kier alpha value is -1.64. The van der Waals surface area contributed by atoms with Crippen molar-refractivity contribution in [2.45, 2.75) is 36.7 Å². The number of hydrogen-bond acceptors (Lipinski definition) is 5. The number of benzene rings is 1. The quantitative estimate of drug-likeness (QED) is 0.820. The van der Waals surface area contributed by atoms with E-state index in [0.29, 0.717) is 25.2 Å². The fourth-order valence-electron chi connectivity index (χ4n) is 3.20. The monoisotopic (exact) mass is 368 g/mol. The SMILES string of the molecule is COc1ccc(C(=O)NC[C@@H]2CCCO2)cc1S(=O)(=O)N1CCCC1. The normalized spacial score (nSPS) is 21.4. The predicted molar refractivity (Wildman–Crippen MR) is 92.3 cm³/mol. The smallest absolute Gasteiger partial charge is 0.251 e. The molecule has 138 valence electrons. The minimum absolute atomic E-state index is 0.0370. The molecule has 7 nitrogen and oxygen atoms in total. The highest BCUT2D eigenvalue weighted by Crippen LogP contribution is 2.29. The molecule has 0 bridgehead atoms. The van der Waals surface area contributed by atoms with Crippen molar-refractivity contribution in [1.29, 1.82) is 0 Å². The minimum Gasteiger partial charge on any atom is -0.495 e. The highest BCUT2D eigenvalue weighted by molar-refractivity contribution is 7.89. The van der Waals surface area contributed by atoms with Gasteiger partial charge in [0.05, 0.1) is 13.2 Å². The van der Waals surface area contributed by atoms with Crippen LogP contribution in [0.3, 0.4) is 0 Å². The van der Waals surface area contributed by atoms with Crippen LogP contribution in [0.4, 0.5) is 0 Å². The van der Waals surface area contributed by atoms with Crippen LogP contribution in [0, 0.1) is 0 Å². The standard InChI is InChI=1S/C17H24N2O5S/c1-23-15-7-6-13(17(20)18-12-14-5-4-10-24-14)11-16(15)25(21,22)19-8-2-3-9-19/h6-7,11,14H,2-5,8-10,12H2,1H3,(H,18,20)/t14-/m0/s1. The van der Waals surface area contributed by atoms with Gasteiger partial charge in [-0.25, -0.2) is 8.42 Å². The number of sulfonamides is 1. The van der Waals surface area contributed by atoms with Crippen LogP contribution < -0.4 is 10.1 Å². The van der Waals surface area contributed by atoms with Crippen molar-refractivity contribution in [2.75, 3.05) is 33.4 Å². The summed E-state index contributed by atoms with van der Waals surface area (Å²) >= 11 is 0. The third-order valence-electron chi connectivity index (χ3n) is 4.62. The van der Waals surface area contributed by atoms with Crippen LogP contribution in [-0.2, 0) is 14.8 Å². The number of carbonyl (C=O) groups excluding carboxylic acids is 1. The molecule has 0 saturated carbocycles. The van der Waals surface area contributed by atoms with Crippen LogP contribution in [-0.4, -0.2) is 58.1 Å². The van der Waals surface area contributed by atoms with E-state index in [1.165, 1.54) is 23.5 Å². The summed E-state index contributed by atoms with van der Waals surface area (Å²) in [6.07, 6.45) is 3.67. The molecule has 0 unspecified atom stereocenters. The first-order valence-electron chi connectivity index (χ1n) is 8.60. The number of nitrogens with one attached hydrogen (secondary N) is 1. The van der Waals surface area contributed by atoms with Gasteiger partial charge in [-0.1, -0.05) is 0 Å². The van der Waals surface area contributed by atoms with Crippen LogP contribution in [0.5, 0.6) is 5.75 Å². The van der Waals surface area contributed by atoms with Crippen molar-refractivity contribution >= 4 is 15.9 Å². The molecule has 25 heavy (non-hydrogen) atoms. The van der Waals surface area contributed by atoms with E-state index < -0.39 is 10.0 Å². The van der Waals surface area contributed by atoms with Gasteiger partial charge in [0.25, 0.3) is 5.91 Å². The number of carbonyl (C=O) groups is 1. The van der Waals surface area contributed by atoms with Crippen molar-refractivity contribution in [2.24, 2.45) is 0 Å². The first-order valence-corrected chi connectivity index (χ1v) is 10.0. The average molecular weight is 368 g/mol. The molecular formula is C17H24N2O5S. The molecule has 0 aliphatic carbocycles. The lowest BCUT2D eigenvalue weighted by molar-refractivity contribution is 0.0857. The Kier molecular flexibility index (Phi) is 5.61. The van der Waals surface area contributed by atoms with Gasteiger partial charge in [0.2, 0.25) is 10.0 Å². The fourth-order valence-corrected chi connectivity index (χ4v) is 4.90. The molecule has 2 heterocycles. The summed E-state index contributed by atoms with van der Waals surface area (Å²) in [5.74, 6) is -0.0569. The maximum atomic E-state index is 12.9. The van der Waals surface area contributed by atoms with Crippen molar-refractivity contribution in [3.05, 3.63) is 23.8 Å². The van der Waals surface area contributed by atoms with Crippen molar-refractivity contribution in [1.82, 2.24) is 9.62 Å². The van der Waals surface area contributed by atoms with Gasteiger partial charge in [-0.05, 0) is 43.9 Å². The second-order valence-corrected chi connectivity index (χ2v) is 8.23. The number of methoxy groups -OCH3 is 1. The van der Waals surface area contributed by atoms with Crippen LogP contribution in [0.2, 0.25) is 0 Å². The first kappa shape index (κ1) is 18.2. The Balaban J connectivity index is 1.80. The minimum atomic E-state index is -3.66. The number of nitrogens with zero attached hydrogens (tertiary/aromatic N) is 1. The van der Waals surface area contributed by atoms with Gasteiger partial charge in [0.15, 0.2) is 0 Å². The lowest BCUT2D eigenvalue weighted by Crippen LogP contribution is -2.32. The molecule has 1 amide bonds. The molecule has 2 fully saturated rings. The molecule has 2 saturated heterocycles. The van der Waals surface area contributed by atoms with Gasteiger partial charge in [0.1, 0.15) is 10.6 Å². The molecule has 0 radical (unpaired) electrons.